The van der Waals surface area contributed by atoms with E-state index in [0.29, 0.717) is 29.6 Å². The molecule has 5 nitrogen and oxygen atoms in total. The maximum Gasteiger partial charge on any atom is 0.276 e. The molecule has 2 aromatic rings. The normalized spacial score (nSPS) is 23.8. The summed E-state index contributed by atoms with van der Waals surface area (Å²) in [4.78, 5) is 14.7. The highest BCUT2D eigenvalue weighted by Gasteiger charge is 2.39. The molecule has 0 N–H and O–H groups in total. The van der Waals surface area contributed by atoms with E-state index < -0.39 is 0 Å². The van der Waals surface area contributed by atoms with Crippen LogP contribution in [0.3, 0.4) is 0 Å². The van der Waals surface area contributed by atoms with Crippen molar-refractivity contribution in [1.29, 1.82) is 0 Å². The number of fused-ring (bicyclic) bond motifs is 1. The lowest BCUT2D eigenvalue weighted by atomic mass is 10.1. The van der Waals surface area contributed by atoms with Crippen LogP contribution in [0.5, 0.6) is 0 Å². The predicted molar refractivity (Wildman–Crippen MR) is 85.4 cm³/mol. The maximum absolute atomic E-state index is 12.8. The second-order valence-electron chi connectivity index (χ2n) is 5.96. The Morgan fingerprint density at radius 3 is 3.04 bits per heavy atom. The summed E-state index contributed by atoms with van der Waals surface area (Å²) in [6.07, 6.45) is 3.29. The van der Waals surface area contributed by atoms with Gasteiger partial charge in [-0.1, -0.05) is 28.9 Å². The molecule has 1 saturated carbocycles. The molecule has 23 heavy (non-hydrogen) atoms. The summed E-state index contributed by atoms with van der Waals surface area (Å²) in [6.45, 7) is 1.19. The zero-order valence-corrected chi connectivity index (χ0v) is 13.3. The lowest BCUT2D eigenvalue weighted by molar-refractivity contribution is -0.0448. The molecule has 0 bridgehead atoms. The number of halogens is 1. The molecule has 0 radical (unpaired) electrons. The average Bonchev–Trinajstić information content (AvgIpc) is 3.23. The molecule has 1 aliphatic carbocycles. The Hall–Kier alpha value is -1.85. The molecule has 2 fully saturated rings. The van der Waals surface area contributed by atoms with Crippen molar-refractivity contribution in [1.82, 2.24) is 10.1 Å². The Balaban J connectivity index is 1.59. The summed E-state index contributed by atoms with van der Waals surface area (Å²) in [6, 6.07) is 9.18. The molecular formula is C17H17ClN2O3. The van der Waals surface area contributed by atoms with Gasteiger partial charge in [0.05, 0.1) is 23.8 Å². The summed E-state index contributed by atoms with van der Waals surface area (Å²) < 4.78 is 11.1. The van der Waals surface area contributed by atoms with E-state index in [0.717, 1.165) is 24.8 Å². The standard InChI is InChI=1S/C17H17ClN2O3/c18-12-5-2-1-4-11(12)16-10-13(19-23-16)17(21)20-8-9-22-15-7-3-6-14(15)20/h1-2,4-5,10,14-15H,3,6-9H2/t14-,15-/m0/s1. The van der Waals surface area contributed by atoms with Gasteiger partial charge >= 0.3 is 0 Å². The summed E-state index contributed by atoms with van der Waals surface area (Å²) in [5, 5.41) is 4.53. The number of nitrogens with zero attached hydrogens (tertiary/aromatic N) is 2. The molecule has 1 amide bonds. The van der Waals surface area contributed by atoms with Crippen LogP contribution in [0.15, 0.2) is 34.9 Å². The van der Waals surface area contributed by atoms with E-state index in [1.807, 2.05) is 23.1 Å². The minimum Gasteiger partial charge on any atom is -0.374 e. The Morgan fingerprint density at radius 1 is 1.30 bits per heavy atom. The Labute approximate surface area is 139 Å². The summed E-state index contributed by atoms with van der Waals surface area (Å²) in [5.41, 5.74) is 1.06. The van der Waals surface area contributed by atoms with Crippen molar-refractivity contribution >= 4 is 17.5 Å². The number of hydrogen-bond acceptors (Lipinski definition) is 4. The monoisotopic (exact) mass is 332 g/mol. The number of benzene rings is 1. The van der Waals surface area contributed by atoms with Gasteiger partial charge in [0.2, 0.25) is 0 Å². The highest BCUT2D eigenvalue weighted by Crippen LogP contribution is 2.32. The van der Waals surface area contributed by atoms with Gasteiger partial charge in [-0.15, -0.1) is 0 Å². The molecule has 0 spiro atoms. The first-order valence-electron chi connectivity index (χ1n) is 7.88. The van der Waals surface area contributed by atoms with Gasteiger partial charge in [-0.05, 0) is 31.4 Å². The van der Waals surface area contributed by atoms with E-state index in [1.54, 1.807) is 12.1 Å². The maximum atomic E-state index is 12.8. The molecule has 2 aliphatic rings. The zero-order chi connectivity index (χ0) is 15.8. The van der Waals surface area contributed by atoms with Crippen molar-refractivity contribution in [3.8, 4) is 11.3 Å². The van der Waals surface area contributed by atoms with Gasteiger partial charge in [-0.3, -0.25) is 4.79 Å². The Morgan fingerprint density at radius 2 is 2.17 bits per heavy atom. The van der Waals surface area contributed by atoms with Crippen molar-refractivity contribution in [3.63, 3.8) is 0 Å². The third-order valence-electron chi connectivity index (χ3n) is 4.61. The smallest absolute Gasteiger partial charge is 0.276 e. The van der Waals surface area contributed by atoms with Crippen LogP contribution in [-0.4, -0.2) is 41.3 Å². The van der Waals surface area contributed by atoms with Gasteiger partial charge in [-0.25, -0.2) is 0 Å². The van der Waals surface area contributed by atoms with E-state index in [-0.39, 0.29) is 18.1 Å². The van der Waals surface area contributed by atoms with Crippen LogP contribution >= 0.6 is 11.6 Å². The molecule has 2 heterocycles. The second-order valence-corrected chi connectivity index (χ2v) is 6.37. The van der Waals surface area contributed by atoms with Crippen molar-refractivity contribution in [2.45, 2.75) is 31.4 Å². The molecule has 1 aromatic carbocycles. The van der Waals surface area contributed by atoms with E-state index in [9.17, 15) is 4.79 Å². The quantitative estimate of drug-likeness (QED) is 0.846. The number of carbonyl (C=O) groups excluding carboxylic acids is 1. The third-order valence-corrected chi connectivity index (χ3v) is 4.94. The highest BCUT2D eigenvalue weighted by molar-refractivity contribution is 6.33. The van der Waals surface area contributed by atoms with Gasteiger partial charge in [-0.2, -0.15) is 0 Å². The first-order valence-corrected chi connectivity index (χ1v) is 8.26. The van der Waals surface area contributed by atoms with Gasteiger partial charge in [0.15, 0.2) is 11.5 Å². The van der Waals surface area contributed by atoms with Crippen LogP contribution in [-0.2, 0) is 4.74 Å². The fourth-order valence-corrected chi connectivity index (χ4v) is 3.72. The number of aromatic nitrogens is 1. The van der Waals surface area contributed by atoms with Crippen LogP contribution in [0.2, 0.25) is 5.02 Å². The molecular weight excluding hydrogens is 316 g/mol. The molecule has 1 saturated heterocycles. The molecule has 1 aromatic heterocycles. The second kappa shape index (κ2) is 5.98. The van der Waals surface area contributed by atoms with Gasteiger partial charge in [0.25, 0.3) is 5.91 Å². The Bertz CT molecular complexity index is 730. The van der Waals surface area contributed by atoms with Crippen LogP contribution in [0.4, 0.5) is 0 Å². The average molecular weight is 333 g/mol. The fourth-order valence-electron chi connectivity index (χ4n) is 3.49. The fraction of sp³-hybridized carbons (Fsp3) is 0.412. The topological polar surface area (TPSA) is 55.6 Å². The molecule has 2 atom stereocenters. The molecule has 4 rings (SSSR count). The predicted octanol–water partition coefficient (Wildman–Crippen LogP) is 3.39. The summed E-state index contributed by atoms with van der Waals surface area (Å²) >= 11 is 6.17. The van der Waals surface area contributed by atoms with Gasteiger partial charge < -0.3 is 14.2 Å². The number of ether oxygens (including phenoxy) is 1. The summed E-state index contributed by atoms with van der Waals surface area (Å²) in [5.74, 6) is 0.419. The molecule has 1 aliphatic heterocycles. The first-order chi connectivity index (χ1) is 11.2. The van der Waals surface area contributed by atoms with E-state index >= 15 is 0 Å². The van der Waals surface area contributed by atoms with Gasteiger partial charge in [0.1, 0.15) is 0 Å². The van der Waals surface area contributed by atoms with Crippen LogP contribution in [0.25, 0.3) is 11.3 Å². The van der Waals surface area contributed by atoms with E-state index in [1.165, 1.54) is 0 Å². The van der Waals surface area contributed by atoms with E-state index in [2.05, 4.69) is 5.16 Å². The lowest BCUT2D eigenvalue weighted by Gasteiger charge is -2.37. The largest absolute Gasteiger partial charge is 0.374 e. The molecule has 6 heteroatoms. The molecule has 0 unspecified atom stereocenters. The minimum atomic E-state index is -0.0905. The lowest BCUT2D eigenvalue weighted by Crippen LogP contribution is -2.51. The van der Waals surface area contributed by atoms with E-state index in [4.69, 9.17) is 20.9 Å². The molecule has 120 valence electrons. The van der Waals surface area contributed by atoms with Crippen LogP contribution in [0, 0.1) is 0 Å². The number of amides is 1. The number of carbonyl (C=O) groups is 1. The van der Waals surface area contributed by atoms with Crippen molar-refractivity contribution in [2.75, 3.05) is 13.2 Å². The van der Waals surface area contributed by atoms with Crippen LogP contribution < -0.4 is 0 Å². The van der Waals surface area contributed by atoms with Crippen LogP contribution in [0.1, 0.15) is 29.8 Å². The Kier molecular flexibility index (Phi) is 3.83. The SMILES string of the molecule is O=C(c1cc(-c2ccccc2Cl)on1)N1CCO[C@H]2CCC[C@@H]21. The minimum absolute atomic E-state index is 0.0905. The first kappa shape index (κ1) is 14.7. The van der Waals surface area contributed by atoms with Crippen molar-refractivity contribution in [2.24, 2.45) is 0 Å². The van der Waals surface area contributed by atoms with Gasteiger partial charge in [0, 0.05) is 18.2 Å². The van der Waals surface area contributed by atoms with Crippen molar-refractivity contribution < 1.29 is 14.1 Å². The number of rotatable bonds is 2. The number of morpholine rings is 1. The van der Waals surface area contributed by atoms with Crippen molar-refractivity contribution in [3.05, 3.63) is 41.0 Å². The highest BCUT2D eigenvalue weighted by atomic mass is 35.5. The number of hydrogen-bond donors (Lipinski definition) is 0. The summed E-state index contributed by atoms with van der Waals surface area (Å²) in [7, 11) is 0. The zero-order valence-electron chi connectivity index (χ0n) is 12.6. The third kappa shape index (κ3) is 2.64.